The van der Waals surface area contributed by atoms with E-state index in [2.05, 4.69) is 150 Å². The summed E-state index contributed by atoms with van der Waals surface area (Å²) in [5.41, 5.74) is 9.74. The summed E-state index contributed by atoms with van der Waals surface area (Å²) in [6, 6.07) is 42.9. The first-order valence-electron chi connectivity index (χ1n) is 14.7. The van der Waals surface area contributed by atoms with Crippen LogP contribution in [0.15, 0.2) is 132 Å². The van der Waals surface area contributed by atoms with Crippen molar-refractivity contribution in [1.29, 1.82) is 0 Å². The number of benzene rings is 5. The van der Waals surface area contributed by atoms with Gasteiger partial charge >= 0.3 is 0 Å². The maximum absolute atomic E-state index is 6.79. The lowest BCUT2D eigenvalue weighted by atomic mass is 10.1. The number of anilines is 4. The van der Waals surface area contributed by atoms with E-state index in [9.17, 15) is 0 Å². The Morgan fingerprint density at radius 2 is 1.26 bits per heavy atom. The summed E-state index contributed by atoms with van der Waals surface area (Å²) in [4.78, 5) is 9.77. The molecule has 1 atom stereocenters. The Balaban J connectivity index is 1.33. The molecule has 0 fully saturated rings. The topological polar surface area (TPSA) is 37.4 Å². The standard InChI is InChI=1S/C38H28N4O/c1-24-12-6-9-17-31(24)41-25(2)40(26-13-4-3-5-14-26)35-23-36-30(22-34(35)41)29-20-21-39-38(37(29)43-36)42-32-18-10-7-15-27(32)28-16-8-11-19-33(28)42/h3-23,25H,1-2H3/t25-/m0/s1. The van der Waals surface area contributed by atoms with Crippen LogP contribution >= 0.6 is 0 Å². The number of hydrogen-bond acceptors (Lipinski definition) is 4. The number of aryl methyl sites for hydroxylation is 1. The Morgan fingerprint density at radius 1 is 0.605 bits per heavy atom. The molecule has 3 aromatic heterocycles. The fourth-order valence-electron chi connectivity index (χ4n) is 7.03. The van der Waals surface area contributed by atoms with Crippen LogP contribution in [0.25, 0.3) is 49.6 Å². The Kier molecular flexibility index (Phi) is 5.03. The number of nitrogens with zero attached hydrogens (tertiary/aromatic N) is 4. The summed E-state index contributed by atoms with van der Waals surface area (Å²) in [5.74, 6) is 0.801. The predicted molar refractivity (Wildman–Crippen MR) is 177 cm³/mol. The molecule has 0 spiro atoms. The second-order valence-electron chi connectivity index (χ2n) is 11.3. The highest BCUT2D eigenvalue weighted by Gasteiger charge is 2.36. The van der Waals surface area contributed by atoms with Crippen molar-refractivity contribution >= 4 is 66.5 Å². The van der Waals surface area contributed by atoms with Crippen LogP contribution in [0.2, 0.25) is 0 Å². The second kappa shape index (κ2) is 8.97. The summed E-state index contributed by atoms with van der Waals surface area (Å²) >= 11 is 0. The molecule has 0 amide bonds. The van der Waals surface area contributed by atoms with Crippen molar-refractivity contribution in [3.8, 4) is 5.82 Å². The van der Waals surface area contributed by atoms with Gasteiger partial charge in [-0.15, -0.1) is 0 Å². The van der Waals surface area contributed by atoms with Gasteiger partial charge in [0.15, 0.2) is 11.4 Å². The molecule has 5 heteroatoms. The molecule has 0 bridgehead atoms. The van der Waals surface area contributed by atoms with Crippen LogP contribution in [0.4, 0.5) is 22.7 Å². The monoisotopic (exact) mass is 556 g/mol. The van der Waals surface area contributed by atoms with Crippen molar-refractivity contribution in [2.24, 2.45) is 0 Å². The molecule has 0 saturated heterocycles. The fraction of sp³-hybridized carbons (Fsp3) is 0.0789. The van der Waals surface area contributed by atoms with Crippen molar-refractivity contribution in [2.75, 3.05) is 9.80 Å². The van der Waals surface area contributed by atoms with Gasteiger partial charge in [-0.3, -0.25) is 4.57 Å². The third-order valence-electron chi connectivity index (χ3n) is 8.93. The van der Waals surface area contributed by atoms with E-state index < -0.39 is 0 Å². The molecule has 1 aliphatic rings. The SMILES string of the molecule is Cc1ccccc1N1c2cc3c(cc2N(c2ccccc2)[C@@H]1C)oc1c(-n2c4ccccc4c4ccccc42)nccc13. The maximum Gasteiger partial charge on any atom is 0.181 e. The first kappa shape index (κ1) is 24.1. The average molecular weight is 557 g/mol. The zero-order chi connectivity index (χ0) is 28.7. The molecule has 5 nitrogen and oxygen atoms in total. The van der Waals surface area contributed by atoms with E-state index in [0.717, 1.165) is 55.9 Å². The Labute approximate surface area is 248 Å². The molecule has 1 aliphatic heterocycles. The van der Waals surface area contributed by atoms with Crippen molar-refractivity contribution < 1.29 is 4.42 Å². The number of para-hydroxylation sites is 4. The highest BCUT2D eigenvalue weighted by Crippen LogP contribution is 2.51. The number of hydrogen-bond donors (Lipinski definition) is 0. The van der Waals surface area contributed by atoms with Gasteiger partial charge in [0.1, 0.15) is 11.7 Å². The Bertz CT molecular complexity index is 2300. The minimum absolute atomic E-state index is 0.0751. The highest BCUT2D eigenvalue weighted by atomic mass is 16.3. The molecule has 4 heterocycles. The third-order valence-corrected chi connectivity index (χ3v) is 8.93. The van der Waals surface area contributed by atoms with E-state index in [4.69, 9.17) is 9.40 Å². The molecular formula is C38H28N4O. The number of fused-ring (bicyclic) bond motifs is 7. The molecular weight excluding hydrogens is 528 g/mol. The van der Waals surface area contributed by atoms with Gasteiger partial charge in [0.2, 0.25) is 0 Å². The van der Waals surface area contributed by atoms with Crippen LogP contribution in [0.3, 0.4) is 0 Å². The quantitative estimate of drug-likeness (QED) is 0.217. The largest absolute Gasteiger partial charge is 0.452 e. The summed E-state index contributed by atoms with van der Waals surface area (Å²) < 4.78 is 9.02. The van der Waals surface area contributed by atoms with Crippen molar-refractivity contribution in [2.45, 2.75) is 20.0 Å². The molecule has 0 saturated carbocycles. The smallest absolute Gasteiger partial charge is 0.181 e. The Morgan fingerprint density at radius 3 is 2.00 bits per heavy atom. The molecule has 0 N–H and O–H groups in total. The summed E-state index contributed by atoms with van der Waals surface area (Å²) in [6.07, 6.45) is 1.98. The van der Waals surface area contributed by atoms with Crippen LogP contribution in [0, 0.1) is 6.92 Å². The average Bonchev–Trinajstić information content (AvgIpc) is 3.67. The molecule has 0 aliphatic carbocycles. The van der Waals surface area contributed by atoms with Gasteiger partial charge in [0, 0.05) is 45.2 Å². The lowest BCUT2D eigenvalue weighted by Gasteiger charge is -2.31. The van der Waals surface area contributed by atoms with Crippen molar-refractivity contribution in [3.05, 3.63) is 133 Å². The third kappa shape index (κ3) is 3.36. The van der Waals surface area contributed by atoms with Crippen molar-refractivity contribution in [1.82, 2.24) is 9.55 Å². The van der Waals surface area contributed by atoms with Gasteiger partial charge < -0.3 is 14.2 Å². The number of rotatable bonds is 3. The molecule has 8 aromatic rings. The van der Waals surface area contributed by atoms with Gasteiger partial charge in [0.25, 0.3) is 0 Å². The van der Waals surface area contributed by atoms with Crippen molar-refractivity contribution in [3.63, 3.8) is 0 Å². The lowest BCUT2D eigenvalue weighted by molar-refractivity contribution is 0.663. The zero-order valence-electron chi connectivity index (χ0n) is 23.9. The summed E-state index contributed by atoms with van der Waals surface area (Å²) in [6.45, 7) is 4.45. The predicted octanol–water partition coefficient (Wildman–Crippen LogP) is 10.0. The second-order valence-corrected chi connectivity index (χ2v) is 11.3. The summed E-state index contributed by atoms with van der Waals surface area (Å²) in [5, 5.41) is 4.54. The van der Waals surface area contributed by atoms with E-state index in [0.29, 0.717) is 0 Å². The minimum atomic E-state index is 0.0751. The number of furan rings is 1. The zero-order valence-corrected chi connectivity index (χ0v) is 23.9. The maximum atomic E-state index is 6.79. The summed E-state index contributed by atoms with van der Waals surface area (Å²) in [7, 11) is 0. The first-order valence-corrected chi connectivity index (χ1v) is 14.7. The normalized spacial score (nSPS) is 14.9. The van der Waals surface area contributed by atoms with Crippen LogP contribution in [-0.4, -0.2) is 15.7 Å². The number of aromatic nitrogens is 2. The van der Waals surface area contributed by atoms with Gasteiger partial charge in [-0.05, 0) is 61.9 Å². The van der Waals surface area contributed by atoms with Crippen LogP contribution in [0.1, 0.15) is 12.5 Å². The van der Waals surface area contributed by atoms with Gasteiger partial charge in [0.05, 0.1) is 22.4 Å². The minimum Gasteiger partial charge on any atom is -0.452 e. The molecule has 5 aromatic carbocycles. The van der Waals surface area contributed by atoms with Gasteiger partial charge in [-0.2, -0.15) is 0 Å². The molecule has 43 heavy (non-hydrogen) atoms. The molecule has 0 unspecified atom stereocenters. The van der Waals surface area contributed by atoms with E-state index >= 15 is 0 Å². The van der Waals surface area contributed by atoms with E-state index in [-0.39, 0.29) is 6.17 Å². The molecule has 206 valence electrons. The lowest BCUT2D eigenvalue weighted by Crippen LogP contribution is -2.35. The van der Waals surface area contributed by atoms with Crippen LogP contribution in [-0.2, 0) is 0 Å². The highest BCUT2D eigenvalue weighted by molar-refractivity contribution is 6.13. The fourth-order valence-corrected chi connectivity index (χ4v) is 7.03. The first-order chi connectivity index (χ1) is 21.2. The van der Waals surface area contributed by atoms with E-state index in [1.54, 1.807) is 0 Å². The van der Waals surface area contributed by atoms with E-state index in [1.165, 1.54) is 22.0 Å². The van der Waals surface area contributed by atoms with Gasteiger partial charge in [-0.25, -0.2) is 4.98 Å². The van der Waals surface area contributed by atoms with Gasteiger partial charge in [-0.1, -0.05) is 72.8 Å². The molecule has 0 radical (unpaired) electrons. The number of pyridine rings is 1. The molecule has 9 rings (SSSR count). The van der Waals surface area contributed by atoms with Crippen LogP contribution in [0.5, 0.6) is 0 Å². The Hall–Kier alpha value is -5.55. The van der Waals surface area contributed by atoms with Crippen LogP contribution < -0.4 is 9.80 Å². The van der Waals surface area contributed by atoms with E-state index in [1.807, 2.05) is 6.20 Å².